The summed E-state index contributed by atoms with van der Waals surface area (Å²) >= 11 is 12.7. The van der Waals surface area contributed by atoms with E-state index in [0.717, 1.165) is 35.8 Å². The average molecular weight is 315 g/mol. The molecule has 1 unspecified atom stereocenters. The summed E-state index contributed by atoms with van der Waals surface area (Å²) in [5, 5.41) is 0.796. The van der Waals surface area contributed by atoms with Gasteiger partial charge in [0, 0.05) is 17.0 Å². The second kappa shape index (κ2) is 8.14. The lowest BCUT2D eigenvalue weighted by Gasteiger charge is -2.14. The van der Waals surface area contributed by atoms with Gasteiger partial charge in [-0.2, -0.15) is 0 Å². The van der Waals surface area contributed by atoms with Crippen molar-refractivity contribution in [3.05, 3.63) is 28.3 Å². The number of rotatable bonds is 8. The van der Waals surface area contributed by atoms with Crippen LogP contribution in [-0.2, 0) is 6.42 Å². The molecule has 0 N–H and O–H groups in total. The molecule has 1 aliphatic rings. The van der Waals surface area contributed by atoms with Gasteiger partial charge in [0.15, 0.2) is 0 Å². The minimum Gasteiger partial charge on any atom is -0.493 e. The number of ether oxygens (including phenoxy) is 1. The Hall–Kier alpha value is -0.400. The van der Waals surface area contributed by atoms with Gasteiger partial charge < -0.3 is 4.74 Å². The Morgan fingerprint density at radius 3 is 2.70 bits per heavy atom. The minimum atomic E-state index is 0.0201. The fraction of sp³-hybridized carbons (Fsp3) is 0.647. The maximum absolute atomic E-state index is 6.56. The monoisotopic (exact) mass is 314 g/mol. The van der Waals surface area contributed by atoms with Crippen LogP contribution in [0.4, 0.5) is 0 Å². The van der Waals surface area contributed by atoms with E-state index in [4.69, 9.17) is 27.9 Å². The molecule has 1 aromatic rings. The minimum absolute atomic E-state index is 0.0201. The fourth-order valence-electron chi connectivity index (χ4n) is 2.79. The summed E-state index contributed by atoms with van der Waals surface area (Å²) in [6, 6.07) is 3.97. The molecular formula is C17H24Cl2O. The van der Waals surface area contributed by atoms with Crippen LogP contribution in [0.5, 0.6) is 5.75 Å². The van der Waals surface area contributed by atoms with Crippen molar-refractivity contribution in [3.8, 4) is 5.75 Å². The number of halogens is 2. The van der Waals surface area contributed by atoms with Gasteiger partial charge in [-0.25, -0.2) is 0 Å². The highest BCUT2D eigenvalue weighted by Gasteiger charge is 2.21. The number of fused-ring (bicyclic) bond motifs is 1. The van der Waals surface area contributed by atoms with Gasteiger partial charge in [0.2, 0.25) is 0 Å². The van der Waals surface area contributed by atoms with E-state index in [1.54, 1.807) is 0 Å². The Bertz CT molecular complexity index is 431. The normalized spacial score (nSPS) is 14.9. The van der Waals surface area contributed by atoms with Gasteiger partial charge >= 0.3 is 0 Å². The molecule has 0 spiro atoms. The molecular weight excluding hydrogens is 291 g/mol. The summed E-state index contributed by atoms with van der Waals surface area (Å²) in [5.74, 6) is 0.986. The molecule has 0 saturated heterocycles. The zero-order valence-corrected chi connectivity index (χ0v) is 13.8. The van der Waals surface area contributed by atoms with Crippen molar-refractivity contribution >= 4 is 23.2 Å². The van der Waals surface area contributed by atoms with Gasteiger partial charge in [0.05, 0.1) is 12.0 Å². The van der Waals surface area contributed by atoms with Crippen molar-refractivity contribution in [2.45, 2.75) is 63.7 Å². The van der Waals surface area contributed by atoms with Gasteiger partial charge in [-0.05, 0) is 24.1 Å². The number of benzene rings is 1. The zero-order valence-electron chi connectivity index (χ0n) is 12.3. The van der Waals surface area contributed by atoms with E-state index in [1.165, 1.54) is 44.1 Å². The molecule has 0 fully saturated rings. The predicted molar refractivity (Wildman–Crippen MR) is 87.2 cm³/mol. The summed E-state index contributed by atoms with van der Waals surface area (Å²) < 4.78 is 5.72. The second-order valence-electron chi connectivity index (χ2n) is 5.61. The number of alkyl halides is 1. The highest BCUT2D eigenvalue weighted by molar-refractivity contribution is 6.31. The van der Waals surface area contributed by atoms with Gasteiger partial charge in [-0.1, -0.05) is 57.0 Å². The molecule has 20 heavy (non-hydrogen) atoms. The highest BCUT2D eigenvalue weighted by Crippen LogP contribution is 2.40. The molecule has 0 bridgehead atoms. The Morgan fingerprint density at radius 2 is 1.90 bits per heavy atom. The van der Waals surface area contributed by atoms with Crippen LogP contribution < -0.4 is 4.74 Å². The summed E-state index contributed by atoms with van der Waals surface area (Å²) in [6.07, 6.45) is 9.71. The predicted octanol–water partition coefficient (Wildman–Crippen LogP) is 6.31. The van der Waals surface area contributed by atoms with E-state index in [9.17, 15) is 0 Å². The fourth-order valence-corrected chi connectivity index (χ4v) is 3.36. The quantitative estimate of drug-likeness (QED) is 0.404. The van der Waals surface area contributed by atoms with Crippen LogP contribution in [0.1, 0.15) is 68.4 Å². The van der Waals surface area contributed by atoms with E-state index in [2.05, 4.69) is 6.92 Å². The first kappa shape index (κ1) is 16.0. The smallest absolute Gasteiger partial charge is 0.127 e. The summed E-state index contributed by atoms with van der Waals surface area (Å²) in [7, 11) is 0. The van der Waals surface area contributed by atoms with E-state index in [-0.39, 0.29) is 5.38 Å². The van der Waals surface area contributed by atoms with Crippen molar-refractivity contribution in [3.63, 3.8) is 0 Å². The van der Waals surface area contributed by atoms with E-state index in [1.807, 2.05) is 12.1 Å². The largest absolute Gasteiger partial charge is 0.493 e. The van der Waals surface area contributed by atoms with Crippen LogP contribution in [0.25, 0.3) is 0 Å². The second-order valence-corrected chi connectivity index (χ2v) is 6.57. The summed E-state index contributed by atoms with van der Waals surface area (Å²) in [5.41, 5.74) is 2.29. The van der Waals surface area contributed by atoms with Crippen LogP contribution in [0, 0.1) is 0 Å². The van der Waals surface area contributed by atoms with E-state index >= 15 is 0 Å². The summed E-state index contributed by atoms with van der Waals surface area (Å²) in [4.78, 5) is 0. The Balaban J connectivity index is 1.85. The molecule has 0 amide bonds. The molecule has 0 aromatic heterocycles. The third-order valence-electron chi connectivity index (χ3n) is 3.93. The third kappa shape index (κ3) is 4.30. The highest BCUT2D eigenvalue weighted by atomic mass is 35.5. The first-order valence-electron chi connectivity index (χ1n) is 7.81. The molecule has 1 aliphatic heterocycles. The molecule has 3 heteroatoms. The van der Waals surface area contributed by atoms with Crippen LogP contribution >= 0.6 is 23.2 Å². The van der Waals surface area contributed by atoms with Crippen LogP contribution in [0.15, 0.2) is 12.1 Å². The lowest BCUT2D eigenvalue weighted by atomic mass is 10.0. The number of hydrogen-bond donors (Lipinski definition) is 0. The maximum Gasteiger partial charge on any atom is 0.127 e. The lowest BCUT2D eigenvalue weighted by molar-refractivity contribution is 0.352. The summed E-state index contributed by atoms with van der Waals surface area (Å²) in [6.45, 7) is 3.00. The number of unbranched alkanes of at least 4 members (excludes halogenated alkanes) is 5. The van der Waals surface area contributed by atoms with Crippen molar-refractivity contribution < 1.29 is 4.74 Å². The van der Waals surface area contributed by atoms with E-state index in [0.29, 0.717) is 0 Å². The maximum atomic E-state index is 6.56. The Kier molecular flexibility index (Phi) is 6.51. The molecule has 1 aromatic carbocycles. The molecule has 2 rings (SSSR count). The van der Waals surface area contributed by atoms with Gasteiger partial charge in [-0.3, -0.25) is 0 Å². The molecule has 0 saturated carbocycles. The Morgan fingerprint density at radius 1 is 1.15 bits per heavy atom. The van der Waals surface area contributed by atoms with E-state index < -0.39 is 0 Å². The first-order chi connectivity index (χ1) is 9.72. The number of hydrogen-bond acceptors (Lipinski definition) is 1. The van der Waals surface area contributed by atoms with Crippen molar-refractivity contribution in [1.82, 2.24) is 0 Å². The molecule has 1 heterocycles. The molecule has 1 atom stereocenters. The molecule has 0 radical (unpaired) electrons. The molecule has 112 valence electrons. The van der Waals surface area contributed by atoms with Crippen molar-refractivity contribution in [2.24, 2.45) is 0 Å². The van der Waals surface area contributed by atoms with Crippen LogP contribution in [0.3, 0.4) is 0 Å². The lowest BCUT2D eigenvalue weighted by Crippen LogP contribution is -1.96. The first-order valence-corrected chi connectivity index (χ1v) is 8.63. The van der Waals surface area contributed by atoms with Crippen molar-refractivity contribution in [2.75, 3.05) is 6.61 Å². The topological polar surface area (TPSA) is 9.23 Å². The van der Waals surface area contributed by atoms with Gasteiger partial charge in [-0.15, -0.1) is 11.6 Å². The van der Waals surface area contributed by atoms with Gasteiger partial charge in [0.25, 0.3) is 0 Å². The molecule has 1 nitrogen and oxygen atoms in total. The van der Waals surface area contributed by atoms with Crippen LogP contribution in [-0.4, -0.2) is 6.61 Å². The van der Waals surface area contributed by atoms with Crippen molar-refractivity contribution in [1.29, 1.82) is 0 Å². The zero-order chi connectivity index (χ0) is 14.4. The Labute approximate surface area is 132 Å². The standard InChI is InChI=1S/C17H24Cl2O/c1-2-3-4-5-6-7-8-16(19)15-12-14(18)11-13-9-10-20-17(13)15/h11-12,16H,2-10H2,1H3. The molecule has 0 aliphatic carbocycles. The third-order valence-corrected chi connectivity index (χ3v) is 4.60. The van der Waals surface area contributed by atoms with Crippen LogP contribution in [0.2, 0.25) is 5.02 Å². The SMILES string of the molecule is CCCCCCCCC(Cl)c1cc(Cl)cc2c1OCC2. The average Bonchev–Trinajstić information content (AvgIpc) is 2.89. The van der Waals surface area contributed by atoms with Gasteiger partial charge in [0.1, 0.15) is 5.75 Å².